The lowest BCUT2D eigenvalue weighted by Gasteiger charge is -2.09. The molecule has 0 radical (unpaired) electrons. The molecule has 0 aliphatic heterocycles. The molecule has 154 valence electrons. The Morgan fingerprint density at radius 3 is 2.53 bits per heavy atom. The second-order valence-corrected chi connectivity index (χ2v) is 6.25. The van der Waals surface area contributed by atoms with Crippen LogP contribution in [-0.2, 0) is 16.1 Å². The Labute approximate surface area is 173 Å². The lowest BCUT2D eigenvalue weighted by Crippen LogP contribution is -2.32. The Bertz CT molecular complexity index is 1080. The molecule has 2 amide bonds. The zero-order chi connectivity index (χ0) is 21.5. The number of carbonyl (C=O) groups is 2. The van der Waals surface area contributed by atoms with Crippen molar-refractivity contribution in [1.82, 2.24) is 15.2 Å². The number of primary amides is 1. The maximum absolute atomic E-state index is 11.3. The molecule has 0 aliphatic carbocycles. The maximum Gasteiger partial charge on any atom is 0.329 e. The van der Waals surface area contributed by atoms with Crippen molar-refractivity contribution in [2.75, 3.05) is 14.2 Å². The molecule has 1 aromatic heterocycles. The van der Waals surface area contributed by atoms with Crippen LogP contribution in [0.5, 0.6) is 11.5 Å². The van der Waals surface area contributed by atoms with E-state index in [0.717, 1.165) is 11.1 Å². The quantitative estimate of drug-likeness (QED) is 0.350. The van der Waals surface area contributed by atoms with Gasteiger partial charge in [-0.25, -0.2) is 5.43 Å². The molecule has 3 N–H and O–H groups in total. The van der Waals surface area contributed by atoms with Crippen molar-refractivity contribution in [2.24, 2.45) is 10.8 Å². The van der Waals surface area contributed by atoms with Crippen molar-refractivity contribution < 1.29 is 19.1 Å². The van der Waals surface area contributed by atoms with Gasteiger partial charge in [-0.1, -0.05) is 30.3 Å². The van der Waals surface area contributed by atoms with Crippen LogP contribution in [0.25, 0.3) is 11.3 Å². The molecule has 9 nitrogen and oxygen atoms in total. The van der Waals surface area contributed by atoms with Crippen LogP contribution in [0.4, 0.5) is 0 Å². The van der Waals surface area contributed by atoms with Gasteiger partial charge in [-0.15, -0.1) is 0 Å². The molecule has 0 fully saturated rings. The normalized spacial score (nSPS) is 10.7. The van der Waals surface area contributed by atoms with Crippen LogP contribution in [0, 0.1) is 0 Å². The summed E-state index contributed by atoms with van der Waals surface area (Å²) in [6, 6.07) is 15.3. The third-order valence-electron chi connectivity index (χ3n) is 4.23. The molecule has 0 aliphatic rings. The predicted molar refractivity (Wildman–Crippen MR) is 111 cm³/mol. The van der Waals surface area contributed by atoms with Gasteiger partial charge in [0.2, 0.25) is 0 Å². The highest BCUT2D eigenvalue weighted by molar-refractivity contribution is 6.34. The summed E-state index contributed by atoms with van der Waals surface area (Å²) >= 11 is 0. The molecular formula is C21H21N5O4. The lowest BCUT2D eigenvalue weighted by atomic mass is 10.1. The first-order valence-electron chi connectivity index (χ1n) is 8.98. The third kappa shape index (κ3) is 4.82. The van der Waals surface area contributed by atoms with E-state index in [4.69, 9.17) is 15.2 Å². The molecule has 0 saturated heterocycles. The first kappa shape index (κ1) is 20.6. The number of rotatable bonds is 7. The fraction of sp³-hybridized carbons (Fsp3) is 0.143. The molecule has 3 rings (SSSR count). The van der Waals surface area contributed by atoms with Gasteiger partial charge in [0.05, 0.1) is 27.0 Å². The number of nitrogens with zero attached hydrogens (tertiary/aromatic N) is 3. The van der Waals surface area contributed by atoms with E-state index in [2.05, 4.69) is 15.6 Å². The standard InChI is InChI=1S/C21H21N5O4/c1-29-17-9-8-15(10-18(17)30-2)19-16(11-23-24-21(28)20(22)27)13-26(25-19)12-14-6-4-3-5-7-14/h3-11,13H,12H2,1-2H3,(H2,22,27)(H,24,28)/b23-11-. The van der Waals surface area contributed by atoms with Crippen molar-refractivity contribution in [1.29, 1.82) is 0 Å². The van der Waals surface area contributed by atoms with Gasteiger partial charge in [-0.3, -0.25) is 14.3 Å². The summed E-state index contributed by atoms with van der Waals surface area (Å²) in [5, 5.41) is 8.48. The van der Waals surface area contributed by atoms with E-state index in [1.807, 2.05) is 36.4 Å². The van der Waals surface area contributed by atoms with Crippen LogP contribution >= 0.6 is 0 Å². The smallest absolute Gasteiger partial charge is 0.329 e. The predicted octanol–water partition coefficient (Wildman–Crippen LogP) is 1.55. The Balaban J connectivity index is 1.97. The lowest BCUT2D eigenvalue weighted by molar-refractivity contribution is -0.137. The van der Waals surface area contributed by atoms with Crippen molar-refractivity contribution >= 4 is 18.0 Å². The van der Waals surface area contributed by atoms with Gasteiger partial charge < -0.3 is 15.2 Å². The monoisotopic (exact) mass is 407 g/mol. The van der Waals surface area contributed by atoms with Gasteiger partial charge in [0.25, 0.3) is 0 Å². The van der Waals surface area contributed by atoms with Gasteiger partial charge in [0, 0.05) is 17.3 Å². The summed E-state index contributed by atoms with van der Waals surface area (Å²) in [5.41, 5.74) is 10.1. The highest BCUT2D eigenvalue weighted by atomic mass is 16.5. The second kappa shape index (κ2) is 9.37. The molecule has 0 unspecified atom stereocenters. The molecule has 0 atom stereocenters. The summed E-state index contributed by atoms with van der Waals surface area (Å²) in [6.07, 6.45) is 3.19. The van der Waals surface area contributed by atoms with E-state index in [1.165, 1.54) is 6.21 Å². The molecule has 2 aromatic carbocycles. The first-order chi connectivity index (χ1) is 14.5. The van der Waals surface area contributed by atoms with Crippen LogP contribution in [-0.4, -0.2) is 42.0 Å². The molecule has 9 heteroatoms. The molecule has 1 heterocycles. The molecule has 3 aromatic rings. The Morgan fingerprint density at radius 2 is 1.87 bits per heavy atom. The second-order valence-electron chi connectivity index (χ2n) is 6.25. The highest BCUT2D eigenvalue weighted by Crippen LogP contribution is 2.32. The number of aromatic nitrogens is 2. The molecule has 0 spiro atoms. The minimum Gasteiger partial charge on any atom is -0.493 e. The van der Waals surface area contributed by atoms with E-state index in [-0.39, 0.29) is 0 Å². The number of methoxy groups -OCH3 is 2. The van der Waals surface area contributed by atoms with Crippen molar-refractivity contribution in [3.8, 4) is 22.8 Å². The summed E-state index contributed by atoms with van der Waals surface area (Å²) in [5.74, 6) is -0.978. The highest BCUT2D eigenvalue weighted by Gasteiger charge is 2.14. The summed E-state index contributed by atoms with van der Waals surface area (Å²) in [4.78, 5) is 22.2. The maximum atomic E-state index is 11.3. The number of ether oxygens (including phenoxy) is 2. The van der Waals surface area contributed by atoms with Crippen LogP contribution in [0.2, 0.25) is 0 Å². The zero-order valence-corrected chi connectivity index (χ0v) is 16.5. The number of amides is 2. The molecular weight excluding hydrogens is 386 g/mol. The SMILES string of the molecule is COc1ccc(-c2nn(Cc3ccccc3)cc2/C=N\NC(=O)C(N)=O)cc1OC. The van der Waals surface area contributed by atoms with Crippen LogP contribution in [0.15, 0.2) is 59.8 Å². The minimum absolute atomic E-state index is 0.544. The zero-order valence-electron chi connectivity index (χ0n) is 16.5. The van der Waals surface area contributed by atoms with E-state index >= 15 is 0 Å². The van der Waals surface area contributed by atoms with Gasteiger partial charge in [-0.2, -0.15) is 10.2 Å². The Hall–Kier alpha value is -4.14. The number of hydrogen-bond acceptors (Lipinski definition) is 6. The van der Waals surface area contributed by atoms with Gasteiger partial charge in [0.15, 0.2) is 11.5 Å². The van der Waals surface area contributed by atoms with E-state index < -0.39 is 11.8 Å². The number of nitrogens with one attached hydrogen (secondary N) is 1. The number of hydrazone groups is 1. The third-order valence-corrected chi connectivity index (χ3v) is 4.23. The largest absolute Gasteiger partial charge is 0.493 e. The Morgan fingerprint density at radius 1 is 1.13 bits per heavy atom. The van der Waals surface area contributed by atoms with Gasteiger partial charge >= 0.3 is 11.8 Å². The molecule has 30 heavy (non-hydrogen) atoms. The number of hydrogen-bond donors (Lipinski definition) is 2. The fourth-order valence-corrected chi connectivity index (χ4v) is 2.81. The average molecular weight is 407 g/mol. The molecule has 0 bridgehead atoms. The van der Waals surface area contributed by atoms with Crippen LogP contribution in [0.1, 0.15) is 11.1 Å². The van der Waals surface area contributed by atoms with E-state index in [1.54, 1.807) is 37.2 Å². The Kier molecular flexibility index (Phi) is 6.43. The van der Waals surface area contributed by atoms with Crippen molar-refractivity contribution in [3.05, 3.63) is 65.9 Å². The number of nitrogens with two attached hydrogens (primary N) is 1. The summed E-state index contributed by atoms with van der Waals surface area (Å²) in [6.45, 7) is 0.544. The number of carbonyl (C=O) groups excluding carboxylic acids is 2. The van der Waals surface area contributed by atoms with Crippen molar-refractivity contribution in [3.63, 3.8) is 0 Å². The number of benzene rings is 2. The van der Waals surface area contributed by atoms with Crippen molar-refractivity contribution in [2.45, 2.75) is 6.54 Å². The van der Waals surface area contributed by atoms with Crippen LogP contribution < -0.4 is 20.6 Å². The fourth-order valence-electron chi connectivity index (χ4n) is 2.81. The minimum atomic E-state index is -1.12. The van der Waals surface area contributed by atoms with E-state index in [9.17, 15) is 9.59 Å². The molecule has 0 saturated carbocycles. The average Bonchev–Trinajstić information content (AvgIpc) is 3.16. The van der Waals surface area contributed by atoms with Gasteiger partial charge in [0.1, 0.15) is 5.69 Å². The first-order valence-corrected chi connectivity index (χ1v) is 8.98. The van der Waals surface area contributed by atoms with E-state index in [0.29, 0.717) is 29.3 Å². The topological polar surface area (TPSA) is 121 Å². The van der Waals surface area contributed by atoms with Crippen LogP contribution in [0.3, 0.4) is 0 Å². The summed E-state index contributed by atoms with van der Waals surface area (Å²) < 4.78 is 12.4. The summed E-state index contributed by atoms with van der Waals surface area (Å²) in [7, 11) is 3.11. The van der Waals surface area contributed by atoms with Gasteiger partial charge in [-0.05, 0) is 23.8 Å².